The van der Waals surface area contributed by atoms with Crippen molar-refractivity contribution in [2.75, 3.05) is 7.11 Å². The van der Waals surface area contributed by atoms with E-state index in [1.807, 2.05) is 24.3 Å². The monoisotopic (exact) mass is 262 g/mol. The molecule has 0 aromatic heterocycles. The highest BCUT2D eigenvalue weighted by Gasteiger charge is 2.65. The van der Waals surface area contributed by atoms with Crippen molar-refractivity contribution in [1.29, 1.82) is 21.0 Å². The third-order valence-corrected chi connectivity index (χ3v) is 3.91. The van der Waals surface area contributed by atoms with Gasteiger partial charge in [-0.1, -0.05) is 24.3 Å². The molecule has 20 heavy (non-hydrogen) atoms. The van der Waals surface area contributed by atoms with E-state index < -0.39 is 22.7 Å². The first-order chi connectivity index (χ1) is 9.65. The van der Waals surface area contributed by atoms with Gasteiger partial charge in [0.15, 0.2) is 10.8 Å². The summed E-state index contributed by atoms with van der Waals surface area (Å²) in [6, 6.07) is 7.65. The maximum absolute atomic E-state index is 9.58. The van der Waals surface area contributed by atoms with Crippen LogP contribution in [0.3, 0.4) is 0 Å². The Morgan fingerprint density at radius 1 is 0.950 bits per heavy atom. The Hall–Kier alpha value is -3.02. The van der Waals surface area contributed by atoms with Crippen molar-refractivity contribution < 1.29 is 4.74 Å². The molecule has 96 valence electrons. The maximum Gasteiger partial charge on any atom is 0.189 e. The van der Waals surface area contributed by atoms with E-state index in [0.29, 0.717) is 5.76 Å². The Kier molecular flexibility index (Phi) is 3.07. The van der Waals surface area contributed by atoms with Crippen molar-refractivity contribution >= 4 is 0 Å². The summed E-state index contributed by atoms with van der Waals surface area (Å²) in [5.41, 5.74) is -3.56. The standard InChI is InChI=1S/C15H10N4O/c1-20-13-6-11-4-2-3-5-12(13)15(9-18,10-19)14(11,7-16)8-17/h2-6,11-12H,1H3/t11-,12+/m1/s1. The van der Waals surface area contributed by atoms with Gasteiger partial charge in [0.05, 0.1) is 37.3 Å². The summed E-state index contributed by atoms with van der Waals surface area (Å²) in [5, 5.41) is 38.2. The molecule has 3 aliphatic carbocycles. The number of methoxy groups -OCH3 is 1. The van der Waals surface area contributed by atoms with Crippen LogP contribution in [0.15, 0.2) is 36.1 Å². The minimum Gasteiger partial charge on any atom is -0.501 e. The lowest BCUT2D eigenvalue weighted by Gasteiger charge is -2.43. The fraction of sp³-hybridized carbons (Fsp3) is 0.333. The zero-order valence-corrected chi connectivity index (χ0v) is 10.7. The molecule has 3 rings (SSSR count). The van der Waals surface area contributed by atoms with Crippen LogP contribution in [0.2, 0.25) is 0 Å². The summed E-state index contributed by atoms with van der Waals surface area (Å²) in [6.45, 7) is 0. The van der Waals surface area contributed by atoms with E-state index in [-0.39, 0.29) is 0 Å². The van der Waals surface area contributed by atoms with Crippen LogP contribution in [0.1, 0.15) is 0 Å². The van der Waals surface area contributed by atoms with Crippen LogP contribution in [-0.2, 0) is 4.74 Å². The Morgan fingerprint density at radius 2 is 1.50 bits per heavy atom. The lowest BCUT2D eigenvalue weighted by molar-refractivity contribution is 0.126. The Labute approximate surface area is 116 Å². The summed E-state index contributed by atoms with van der Waals surface area (Å²) in [6.07, 6.45) is 8.32. The van der Waals surface area contributed by atoms with Gasteiger partial charge in [0.2, 0.25) is 0 Å². The van der Waals surface area contributed by atoms with E-state index in [2.05, 4.69) is 0 Å². The number of rotatable bonds is 1. The molecule has 0 radical (unpaired) electrons. The van der Waals surface area contributed by atoms with Gasteiger partial charge in [0.25, 0.3) is 0 Å². The molecule has 2 bridgehead atoms. The number of ether oxygens (including phenoxy) is 1. The van der Waals surface area contributed by atoms with Crippen LogP contribution in [-0.4, -0.2) is 7.11 Å². The first-order valence-corrected chi connectivity index (χ1v) is 5.91. The second-order valence-corrected chi connectivity index (χ2v) is 4.61. The smallest absolute Gasteiger partial charge is 0.189 e. The Bertz CT molecular complexity index is 659. The SMILES string of the molecule is COC1=C[C@H]2C=CC=C[C@@H]1C(C#N)(C#N)C2(C#N)C#N. The van der Waals surface area contributed by atoms with Crippen LogP contribution in [0.4, 0.5) is 0 Å². The van der Waals surface area contributed by atoms with Gasteiger partial charge in [-0.05, 0) is 6.08 Å². The fourth-order valence-electron chi connectivity index (χ4n) is 2.81. The molecule has 0 aromatic rings. The van der Waals surface area contributed by atoms with Crippen molar-refractivity contribution in [2.45, 2.75) is 0 Å². The highest BCUT2D eigenvalue weighted by Crippen LogP contribution is 2.56. The number of allylic oxidation sites excluding steroid dienone is 5. The zero-order chi connectivity index (χ0) is 14.8. The van der Waals surface area contributed by atoms with E-state index >= 15 is 0 Å². The molecule has 0 heterocycles. The second kappa shape index (κ2) is 4.58. The van der Waals surface area contributed by atoms with Gasteiger partial charge in [0, 0.05) is 5.92 Å². The molecule has 0 unspecified atom stereocenters. The molecule has 5 heteroatoms. The maximum atomic E-state index is 9.58. The molecule has 0 saturated heterocycles. The molecule has 0 N–H and O–H groups in total. The van der Waals surface area contributed by atoms with Gasteiger partial charge < -0.3 is 4.74 Å². The number of fused-ring (bicyclic) bond motifs is 2. The van der Waals surface area contributed by atoms with Crippen LogP contribution >= 0.6 is 0 Å². The normalized spacial score (nSPS) is 27.8. The number of nitriles is 4. The first-order valence-electron chi connectivity index (χ1n) is 5.91. The van der Waals surface area contributed by atoms with E-state index in [9.17, 15) is 21.0 Å². The van der Waals surface area contributed by atoms with Gasteiger partial charge in [-0.3, -0.25) is 0 Å². The summed E-state index contributed by atoms with van der Waals surface area (Å²) < 4.78 is 5.26. The third-order valence-electron chi connectivity index (χ3n) is 3.91. The van der Waals surface area contributed by atoms with Crippen molar-refractivity contribution in [3.8, 4) is 24.3 Å². The summed E-state index contributed by atoms with van der Waals surface area (Å²) >= 11 is 0. The molecule has 3 aliphatic rings. The largest absolute Gasteiger partial charge is 0.501 e. The molecule has 0 aromatic carbocycles. The lowest BCUT2D eigenvalue weighted by Crippen LogP contribution is -2.51. The molecule has 0 fully saturated rings. The average Bonchev–Trinajstić information content (AvgIpc) is 2.46. The summed E-state index contributed by atoms with van der Waals surface area (Å²) in [7, 11) is 1.44. The minimum atomic E-state index is -1.80. The first kappa shape index (κ1) is 13.4. The van der Waals surface area contributed by atoms with Crippen LogP contribution < -0.4 is 0 Å². The van der Waals surface area contributed by atoms with Crippen molar-refractivity contribution in [2.24, 2.45) is 22.7 Å². The quantitative estimate of drug-likeness (QED) is 0.718. The predicted molar refractivity (Wildman–Crippen MR) is 67.7 cm³/mol. The molecule has 5 nitrogen and oxygen atoms in total. The third kappa shape index (κ3) is 1.33. The van der Waals surface area contributed by atoms with Crippen molar-refractivity contribution in [3.05, 3.63) is 36.1 Å². The molecule has 0 aliphatic heterocycles. The van der Waals surface area contributed by atoms with Crippen LogP contribution in [0, 0.1) is 68.0 Å². The summed E-state index contributed by atoms with van der Waals surface area (Å²) in [4.78, 5) is 0. The molecule has 2 atom stereocenters. The molecule has 0 amide bonds. The Balaban J connectivity index is 2.90. The van der Waals surface area contributed by atoms with Crippen molar-refractivity contribution in [1.82, 2.24) is 0 Å². The highest BCUT2D eigenvalue weighted by molar-refractivity contribution is 5.48. The van der Waals surface area contributed by atoms with E-state index in [1.165, 1.54) is 7.11 Å². The molecule has 0 saturated carbocycles. The van der Waals surface area contributed by atoms with Crippen LogP contribution in [0.5, 0.6) is 0 Å². The van der Waals surface area contributed by atoms with Gasteiger partial charge >= 0.3 is 0 Å². The van der Waals surface area contributed by atoms with Gasteiger partial charge in [-0.15, -0.1) is 0 Å². The highest BCUT2D eigenvalue weighted by atomic mass is 16.5. The molecule has 0 spiro atoms. The van der Waals surface area contributed by atoms with E-state index in [0.717, 1.165) is 0 Å². The second-order valence-electron chi connectivity index (χ2n) is 4.61. The zero-order valence-electron chi connectivity index (χ0n) is 10.7. The van der Waals surface area contributed by atoms with Crippen molar-refractivity contribution in [3.63, 3.8) is 0 Å². The van der Waals surface area contributed by atoms with Gasteiger partial charge in [-0.2, -0.15) is 21.0 Å². The fourth-order valence-corrected chi connectivity index (χ4v) is 2.81. The Morgan fingerprint density at radius 3 is 2.00 bits per heavy atom. The topological polar surface area (TPSA) is 104 Å². The number of nitrogens with zero attached hydrogens (tertiary/aromatic N) is 4. The van der Waals surface area contributed by atoms with E-state index in [1.54, 1.807) is 30.4 Å². The van der Waals surface area contributed by atoms with Gasteiger partial charge in [0.1, 0.15) is 5.76 Å². The predicted octanol–water partition coefficient (Wildman–Crippen LogP) is 1.96. The van der Waals surface area contributed by atoms with Gasteiger partial charge in [-0.25, -0.2) is 0 Å². The minimum absolute atomic E-state index is 0.430. The lowest BCUT2D eigenvalue weighted by atomic mass is 9.51. The van der Waals surface area contributed by atoms with E-state index in [4.69, 9.17) is 4.74 Å². The van der Waals surface area contributed by atoms with Crippen LogP contribution in [0.25, 0.3) is 0 Å². The molecular weight excluding hydrogens is 252 g/mol. The number of hydrogen-bond acceptors (Lipinski definition) is 5. The number of hydrogen-bond donors (Lipinski definition) is 0. The average molecular weight is 262 g/mol. The molecular formula is C15H10N4O. The summed E-state index contributed by atoms with van der Waals surface area (Å²) in [5.74, 6) is -0.990.